The monoisotopic (exact) mass is 288 g/mol. The normalized spacial score (nSPS) is 10.1. The van der Waals surface area contributed by atoms with Crippen molar-refractivity contribution in [1.29, 1.82) is 0 Å². The fraction of sp³-hybridized carbons (Fsp3) is 0.200. The van der Waals surface area contributed by atoms with Gasteiger partial charge < -0.3 is 24.3 Å². The van der Waals surface area contributed by atoms with Crippen LogP contribution in [0.15, 0.2) is 42.5 Å². The Morgan fingerprint density at radius 3 is 2.00 bits per heavy atom. The molecule has 0 bridgehead atoms. The van der Waals surface area contributed by atoms with E-state index in [9.17, 15) is 10.0 Å². The second-order valence-corrected chi connectivity index (χ2v) is 4.40. The molecule has 0 aliphatic carbocycles. The molecule has 0 fully saturated rings. The van der Waals surface area contributed by atoms with Crippen LogP contribution in [0.1, 0.15) is 5.56 Å². The molecular weight excluding hydrogens is 271 g/mol. The Balaban J connectivity index is 2.13. The zero-order valence-corrected chi connectivity index (χ0v) is 11.9. The molecule has 2 rings (SSSR count). The van der Waals surface area contributed by atoms with E-state index in [1.54, 1.807) is 56.7 Å². The van der Waals surface area contributed by atoms with Crippen LogP contribution in [0.4, 0.5) is 0 Å². The van der Waals surface area contributed by atoms with Crippen molar-refractivity contribution in [3.63, 3.8) is 0 Å². The summed E-state index contributed by atoms with van der Waals surface area (Å²) in [5.41, 5.74) is 1.05. The van der Waals surface area contributed by atoms with Crippen LogP contribution in [-0.2, 0) is 6.61 Å². The Morgan fingerprint density at radius 2 is 1.43 bits per heavy atom. The molecule has 2 aromatic carbocycles. The van der Waals surface area contributed by atoms with E-state index in [-0.39, 0.29) is 6.61 Å². The van der Waals surface area contributed by atoms with Crippen molar-refractivity contribution >= 4 is 12.6 Å². The average Bonchev–Trinajstić information content (AvgIpc) is 2.52. The van der Waals surface area contributed by atoms with Gasteiger partial charge in [0.2, 0.25) is 0 Å². The summed E-state index contributed by atoms with van der Waals surface area (Å²) in [4.78, 5) is 0. The summed E-state index contributed by atoms with van der Waals surface area (Å²) in [6, 6.07) is 12.2. The third-order valence-corrected chi connectivity index (χ3v) is 3.08. The van der Waals surface area contributed by atoms with E-state index < -0.39 is 7.12 Å². The Hall–Kier alpha value is -2.18. The third kappa shape index (κ3) is 3.90. The standard InChI is InChI=1S/C15H17BO5/c1-19-12-3-5-13(6-4-12)21-10-11-9-14(20-2)7-8-15(11)16(17)18/h3-9,17-18H,10H2,1-2H3. The van der Waals surface area contributed by atoms with Crippen LogP contribution in [0.2, 0.25) is 0 Å². The molecule has 0 aliphatic rings. The topological polar surface area (TPSA) is 68.2 Å². The van der Waals surface area contributed by atoms with Crippen LogP contribution in [0.25, 0.3) is 0 Å². The number of hydrogen-bond acceptors (Lipinski definition) is 5. The fourth-order valence-electron chi connectivity index (χ4n) is 1.92. The SMILES string of the molecule is COc1ccc(OCc2cc(OC)ccc2B(O)O)cc1. The number of rotatable bonds is 6. The van der Waals surface area contributed by atoms with Gasteiger partial charge in [-0.15, -0.1) is 0 Å². The first-order valence-electron chi connectivity index (χ1n) is 6.44. The van der Waals surface area contributed by atoms with Gasteiger partial charge in [-0.2, -0.15) is 0 Å². The lowest BCUT2D eigenvalue weighted by molar-refractivity contribution is 0.304. The fourth-order valence-corrected chi connectivity index (χ4v) is 1.92. The number of hydrogen-bond donors (Lipinski definition) is 2. The summed E-state index contributed by atoms with van der Waals surface area (Å²) < 4.78 is 15.9. The van der Waals surface area contributed by atoms with E-state index in [1.807, 2.05) is 0 Å². The van der Waals surface area contributed by atoms with Gasteiger partial charge in [0.05, 0.1) is 14.2 Å². The van der Waals surface area contributed by atoms with E-state index >= 15 is 0 Å². The molecule has 0 aliphatic heterocycles. The second kappa shape index (κ2) is 7.01. The lowest BCUT2D eigenvalue weighted by Crippen LogP contribution is -2.33. The molecule has 21 heavy (non-hydrogen) atoms. The van der Waals surface area contributed by atoms with E-state index in [4.69, 9.17) is 14.2 Å². The number of methoxy groups -OCH3 is 2. The molecular formula is C15H17BO5. The maximum Gasteiger partial charge on any atom is 0.488 e. The molecule has 0 radical (unpaired) electrons. The van der Waals surface area contributed by atoms with Crippen molar-refractivity contribution in [3.8, 4) is 17.2 Å². The van der Waals surface area contributed by atoms with Crippen LogP contribution in [-0.4, -0.2) is 31.4 Å². The molecule has 0 aromatic heterocycles. The number of benzene rings is 2. The summed E-state index contributed by atoms with van der Waals surface area (Å²) in [7, 11) is 1.60. The predicted octanol–water partition coefficient (Wildman–Crippen LogP) is 0.963. The van der Waals surface area contributed by atoms with Gasteiger partial charge >= 0.3 is 7.12 Å². The summed E-state index contributed by atoms with van der Waals surface area (Å²) >= 11 is 0. The molecule has 2 N–H and O–H groups in total. The van der Waals surface area contributed by atoms with Crippen LogP contribution in [0.5, 0.6) is 17.2 Å². The highest BCUT2D eigenvalue weighted by Gasteiger charge is 2.17. The Bertz CT molecular complexity index is 583. The lowest BCUT2D eigenvalue weighted by atomic mass is 9.77. The van der Waals surface area contributed by atoms with Crippen molar-refractivity contribution in [2.75, 3.05) is 14.2 Å². The largest absolute Gasteiger partial charge is 0.497 e. The quantitative estimate of drug-likeness (QED) is 0.775. The maximum atomic E-state index is 9.38. The summed E-state index contributed by atoms with van der Waals surface area (Å²) in [5.74, 6) is 2.04. The van der Waals surface area contributed by atoms with Crippen LogP contribution < -0.4 is 19.7 Å². The molecule has 6 heteroatoms. The molecule has 0 heterocycles. The van der Waals surface area contributed by atoms with Gasteiger partial charge in [-0.1, -0.05) is 6.07 Å². The van der Waals surface area contributed by atoms with E-state index in [0.717, 1.165) is 5.75 Å². The van der Waals surface area contributed by atoms with Gasteiger partial charge in [0.25, 0.3) is 0 Å². The van der Waals surface area contributed by atoms with Gasteiger partial charge in [-0.3, -0.25) is 0 Å². The van der Waals surface area contributed by atoms with Crippen LogP contribution in [0, 0.1) is 0 Å². The minimum absolute atomic E-state index is 0.205. The van der Waals surface area contributed by atoms with E-state index in [1.165, 1.54) is 0 Å². The van der Waals surface area contributed by atoms with Crippen molar-refractivity contribution < 1.29 is 24.3 Å². The molecule has 0 saturated heterocycles. The number of ether oxygens (including phenoxy) is 3. The zero-order valence-electron chi connectivity index (χ0n) is 11.9. The van der Waals surface area contributed by atoms with Gasteiger partial charge in [-0.25, -0.2) is 0 Å². The second-order valence-electron chi connectivity index (χ2n) is 4.40. The molecule has 2 aromatic rings. The first kappa shape index (κ1) is 15.2. The maximum absolute atomic E-state index is 9.38. The summed E-state index contributed by atoms with van der Waals surface area (Å²) in [5, 5.41) is 18.8. The van der Waals surface area contributed by atoms with Crippen molar-refractivity contribution in [1.82, 2.24) is 0 Å². The Labute approximate surface area is 123 Å². The summed E-state index contributed by atoms with van der Waals surface area (Å²) in [6.07, 6.45) is 0. The molecule has 0 unspecified atom stereocenters. The zero-order chi connectivity index (χ0) is 15.2. The molecule has 0 atom stereocenters. The molecule has 0 amide bonds. The molecule has 110 valence electrons. The highest BCUT2D eigenvalue weighted by Crippen LogP contribution is 2.19. The Kier molecular flexibility index (Phi) is 5.08. The molecule has 0 saturated carbocycles. The van der Waals surface area contributed by atoms with Gasteiger partial charge in [-0.05, 0) is 47.4 Å². The Morgan fingerprint density at radius 1 is 0.857 bits per heavy atom. The van der Waals surface area contributed by atoms with Crippen molar-refractivity contribution in [3.05, 3.63) is 48.0 Å². The third-order valence-electron chi connectivity index (χ3n) is 3.08. The minimum Gasteiger partial charge on any atom is -0.497 e. The van der Waals surface area contributed by atoms with Crippen molar-refractivity contribution in [2.24, 2.45) is 0 Å². The molecule has 0 spiro atoms. The smallest absolute Gasteiger partial charge is 0.488 e. The van der Waals surface area contributed by atoms with Gasteiger partial charge in [0.15, 0.2) is 0 Å². The van der Waals surface area contributed by atoms with Crippen LogP contribution in [0.3, 0.4) is 0 Å². The van der Waals surface area contributed by atoms with Crippen molar-refractivity contribution in [2.45, 2.75) is 6.61 Å². The first-order chi connectivity index (χ1) is 10.1. The molecule has 5 nitrogen and oxygen atoms in total. The summed E-state index contributed by atoms with van der Waals surface area (Å²) in [6.45, 7) is 0.205. The highest BCUT2D eigenvalue weighted by molar-refractivity contribution is 6.59. The minimum atomic E-state index is -1.55. The van der Waals surface area contributed by atoms with Crippen LogP contribution >= 0.6 is 0 Å². The predicted molar refractivity (Wildman–Crippen MR) is 80.1 cm³/mol. The highest BCUT2D eigenvalue weighted by atomic mass is 16.5. The lowest BCUT2D eigenvalue weighted by Gasteiger charge is -2.12. The average molecular weight is 288 g/mol. The first-order valence-corrected chi connectivity index (χ1v) is 6.44. The van der Waals surface area contributed by atoms with E-state index in [2.05, 4.69) is 0 Å². The van der Waals surface area contributed by atoms with Gasteiger partial charge in [0, 0.05) is 0 Å². The van der Waals surface area contributed by atoms with E-state index in [0.29, 0.717) is 22.5 Å². The van der Waals surface area contributed by atoms with Gasteiger partial charge in [0.1, 0.15) is 23.9 Å².